The van der Waals surface area contributed by atoms with E-state index in [0.29, 0.717) is 0 Å². The van der Waals surface area contributed by atoms with Crippen molar-refractivity contribution in [1.82, 2.24) is 5.32 Å². The monoisotopic (exact) mass is 237 g/mol. The summed E-state index contributed by atoms with van der Waals surface area (Å²) >= 11 is 0. The van der Waals surface area contributed by atoms with Gasteiger partial charge >= 0.3 is 0 Å². The van der Waals surface area contributed by atoms with Gasteiger partial charge in [0.15, 0.2) is 0 Å². The second-order valence-corrected chi connectivity index (χ2v) is 3.97. The van der Waals surface area contributed by atoms with Crippen LogP contribution in [0.1, 0.15) is 32.4 Å². The molecule has 2 atom stereocenters. The van der Waals surface area contributed by atoms with Gasteiger partial charge in [0.05, 0.1) is 19.3 Å². The van der Waals surface area contributed by atoms with Crippen LogP contribution in [0.25, 0.3) is 0 Å². The highest BCUT2D eigenvalue weighted by Gasteiger charge is 2.18. The first-order valence-electron chi connectivity index (χ1n) is 6.21. The van der Waals surface area contributed by atoms with Crippen LogP contribution in [0.5, 0.6) is 5.75 Å². The number of likely N-dealkylation sites (N-methyl/N-ethyl adjacent to an activating group) is 1. The van der Waals surface area contributed by atoms with Crippen molar-refractivity contribution in [2.75, 3.05) is 20.3 Å². The van der Waals surface area contributed by atoms with Crippen LogP contribution >= 0.6 is 0 Å². The first-order chi connectivity index (χ1) is 8.22. The summed E-state index contributed by atoms with van der Waals surface area (Å²) < 4.78 is 10.9. The molecule has 1 N–H and O–H groups in total. The summed E-state index contributed by atoms with van der Waals surface area (Å²) in [6, 6.07) is 8.33. The molecule has 0 aliphatic heterocycles. The van der Waals surface area contributed by atoms with E-state index >= 15 is 0 Å². The van der Waals surface area contributed by atoms with Crippen molar-refractivity contribution in [3.05, 3.63) is 29.8 Å². The zero-order valence-corrected chi connectivity index (χ0v) is 11.2. The van der Waals surface area contributed by atoms with Gasteiger partial charge in [0, 0.05) is 6.61 Å². The molecule has 1 rings (SSSR count). The summed E-state index contributed by atoms with van der Waals surface area (Å²) in [6.07, 6.45) is 0.145. The summed E-state index contributed by atoms with van der Waals surface area (Å²) in [5.74, 6) is 0.883. The number of hydrogen-bond donors (Lipinski definition) is 1. The Morgan fingerprint density at radius 2 is 2.06 bits per heavy atom. The van der Waals surface area contributed by atoms with Gasteiger partial charge in [0.2, 0.25) is 0 Å². The lowest BCUT2D eigenvalue weighted by Gasteiger charge is -2.25. The van der Waals surface area contributed by atoms with E-state index in [1.165, 1.54) is 5.56 Å². The van der Waals surface area contributed by atoms with Crippen LogP contribution in [-0.4, -0.2) is 26.4 Å². The van der Waals surface area contributed by atoms with Crippen LogP contribution in [-0.2, 0) is 4.74 Å². The van der Waals surface area contributed by atoms with Crippen molar-refractivity contribution in [2.24, 2.45) is 0 Å². The molecule has 96 valence electrons. The maximum absolute atomic E-state index is 5.68. The molecule has 0 saturated heterocycles. The second-order valence-electron chi connectivity index (χ2n) is 3.97. The summed E-state index contributed by atoms with van der Waals surface area (Å²) in [5, 5.41) is 3.45. The lowest BCUT2D eigenvalue weighted by Crippen LogP contribution is -2.32. The minimum atomic E-state index is 0.145. The first kappa shape index (κ1) is 14.0. The number of benzene rings is 1. The average Bonchev–Trinajstić information content (AvgIpc) is 2.36. The van der Waals surface area contributed by atoms with Crippen LogP contribution in [0, 0.1) is 0 Å². The molecule has 0 fully saturated rings. The lowest BCUT2D eigenvalue weighted by molar-refractivity contribution is 0.0476. The number of rotatable bonds is 7. The SMILES string of the molecule is CCNC(c1cccc(OC)c1)C(C)OCC. The van der Waals surface area contributed by atoms with E-state index in [2.05, 4.69) is 31.3 Å². The standard InChI is InChI=1S/C14H23NO2/c1-5-15-14(11(3)17-6-2)12-8-7-9-13(10-12)16-4/h7-11,14-15H,5-6H2,1-4H3. The van der Waals surface area contributed by atoms with Gasteiger partial charge in [-0.1, -0.05) is 19.1 Å². The minimum Gasteiger partial charge on any atom is -0.497 e. The van der Waals surface area contributed by atoms with Gasteiger partial charge in [0.1, 0.15) is 5.75 Å². The molecule has 0 aromatic heterocycles. The van der Waals surface area contributed by atoms with Crippen LogP contribution in [0.4, 0.5) is 0 Å². The van der Waals surface area contributed by atoms with Gasteiger partial charge < -0.3 is 14.8 Å². The Hall–Kier alpha value is -1.06. The number of methoxy groups -OCH3 is 1. The zero-order chi connectivity index (χ0) is 12.7. The largest absolute Gasteiger partial charge is 0.497 e. The molecule has 17 heavy (non-hydrogen) atoms. The van der Waals surface area contributed by atoms with Crippen molar-refractivity contribution in [3.63, 3.8) is 0 Å². The van der Waals surface area contributed by atoms with Gasteiger partial charge in [-0.15, -0.1) is 0 Å². The minimum absolute atomic E-state index is 0.145. The highest BCUT2D eigenvalue weighted by molar-refractivity contribution is 5.31. The predicted octanol–water partition coefficient (Wildman–Crippen LogP) is 2.77. The molecular weight excluding hydrogens is 214 g/mol. The molecule has 3 heteroatoms. The Morgan fingerprint density at radius 1 is 1.29 bits per heavy atom. The molecule has 0 aliphatic carbocycles. The Bertz CT molecular complexity index is 328. The Kier molecular flexibility index (Phi) is 6.01. The quantitative estimate of drug-likeness (QED) is 0.791. The topological polar surface area (TPSA) is 30.5 Å². The van der Waals surface area contributed by atoms with E-state index in [1.807, 2.05) is 19.1 Å². The molecule has 0 spiro atoms. The van der Waals surface area contributed by atoms with E-state index in [0.717, 1.165) is 18.9 Å². The molecule has 3 nitrogen and oxygen atoms in total. The molecule has 0 bridgehead atoms. The Morgan fingerprint density at radius 3 is 2.65 bits per heavy atom. The van der Waals surface area contributed by atoms with Crippen molar-refractivity contribution >= 4 is 0 Å². The second kappa shape index (κ2) is 7.30. The average molecular weight is 237 g/mol. The predicted molar refractivity (Wildman–Crippen MR) is 70.5 cm³/mol. The highest BCUT2D eigenvalue weighted by Crippen LogP contribution is 2.23. The molecule has 2 unspecified atom stereocenters. The van der Waals surface area contributed by atoms with E-state index < -0.39 is 0 Å². The fraction of sp³-hybridized carbons (Fsp3) is 0.571. The van der Waals surface area contributed by atoms with Crippen molar-refractivity contribution in [2.45, 2.75) is 32.9 Å². The van der Waals surface area contributed by atoms with Gasteiger partial charge in [-0.25, -0.2) is 0 Å². The summed E-state index contributed by atoms with van der Waals surface area (Å²) in [4.78, 5) is 0. The van der Waals surface area contributed by atoms with Crippen LogP contribution in [0.15, 0.2) is 24.3 Å². The van der Waals surface area contributed by atoms with Crippen LogP contribution in [0.2, 0.25) is 0 Å². The van der Waals surface area contributed by atoms with Crippen molar-refractivity contribution < 1.29 is 9.47 Å². The van der Waals surface area contributed by atoms with E-state index in [-0.39, 0.29) is 12.1 Å². The zero-order valence-electron chi connectivity index (χ0n) is 11.2. The molecule has 0 saturated carbocycles. The normalized spacial score (nSPS) is 14.4. The number of hydrogen-bond acceptors (Lipinski definition) is 3. The maximum Gasteiger partial charge on any atom is 0.119 e. The summed E-state index contributed by atoms with van der Waals surface area (Å²) in [6.45, 7) is 7.86. The Balaban J connectivity index is 2.87. The molecule has 0 radical (unpaired) electrons. The molecule has 1 aromatic rings. The third kappa shape index (κ3) is 4.02. The molecule has 0 amide bonds. The molecule has 1 aromatic carbocycles. The number of nitrogens with one attached hydrogen (secondary N) is 1. The van der Waals surface area contributed by atoms with Crippen LogP contribution < -0.4 is 10.1 Å². The molecule has 0 heterocycles. The van der Waals surface area contributed by atoms with Crippen molar-refractivity contribution in [3.8, 4) is 5.75 Å². The van der Waals surface area contributed by atoms with E-state index in [9.17, 15) is 0 Å². The summed E-state index contributed by atoms with van der Waals surface area (Å²) in [5.41, 5.74) is 1.20. The summed E-state index contributed by atoms with van der Waals surface area (Å²) in [7, 11) is 1.69. The van der Waals surface area contributed by atoms with Gasteiger partial charge in [-0.2, -0.15) is 0 Å². The lowest BCUT2D eigenvalue weighted by atomic mass is 10.0. The van der Waals surface area contributed by atoms with E-state index in [1.54, 1.807) is 7.11 Å². The first-order valence-corrected chi connectivity index (χ1v) is 6.21. The fourth-order valence-electron chi connectivity index (χ4n) is 1.97. The van der Waals surface area contributed by atoms with Gasteiger partial charge in [0.25, 0.3) is 0 Å². The fourth-order valence-corrected chi connectivity index (χ4v) is 1.97. The third-order valence-electron chi connectivity index (χ3n) is 2.78. The number of ether oxygens (including phenoxy) is 2. The maximum atomic E-state index is 5.68. The smallest absolute Gasteiger partial charge is 0.119 e. The molecule has 0 aliphatic rings. The van der Waals surface area contributed by atoms with Gasteiger partial charge in [-0.05, 0) is 38.1 Å². The Labute approximate surface area is 104 Å². The van der Waals surface area contributed by atoms with Crippen LogP contribution in [0.3, 0.4) is 0 Å². The third-order valence-corrected chi connectivity index (χ3v) is 2.78. The van der Waals surface area contributed by atoms with Crippen molar-refractivity contribution in [1.29, 1.82) is 0 Å². The van der Waals surface area contributed by atoms with E-state index in [4.69, 9.17) is 9.47 Å². The molecular formula is C14H23NO2. The van der Waals surface area contributed by atoms with Gasteiger partial charge in [-0.3, -0.25) is 0 Å². The highest BCUT2D eigenvalue weighted by atomic mass is 16.5.